The normalized spacial score (nSPS) is 19.8. The van der Waals surface area contributed by atoms with Crippen molar-refractivity contribution in [2.24, 2.45) is 16.8 Å². The maximum absolute atomic E-state index is 13.1. The molecule has 5 rings (SSSR count). The van der Waals surface area contributed by atoms with Gasteiger partial charge in [0.1, 0.15) is 5.82 Å². The number of aliphatic imine (C=N–C) groups is 1. The summed E-state index contributed by atoms with van der Waals surface area (Å²) in [5.41, 5.74) is 7.33. The smallest absolute Gasteiger partial charge is 0.321 e. The van der Waals surface area contributed by atoms with Crippen LogP contribution in [0.2, 0.25) is 5.02 Å². The van der Waals surface area contributed by atoms with Gasteiger partial charge in [0.25, 0.3) is 0 Å². The number of piperidine rings is 1. The zero-order chi connectivity index (χ0) is 31.2. The van der Waals surface area contributed by atoms with E-state index >= 15 is 0 Å². The Kier molecular flexibility index (Phi) is 9.82. The maximum atomic E-state index is 13.1. The summed E-state index contributed by atoms with van der Waals surface area (Å²) in [5, 5.41) is 12.8. The standard InChI is InChI=1S/C36H39ClN6O/c1-5-34-40-22-24(2)43(34)23-29-19-28-20-30(37)10-13-33(28)35(25(3)32(29)7-6-16-39-4)27-14-17-42(18-15-27)36(44)41-31-11-8-26(21-38)9-12-31/h6-13,16,19-20,22,25,27,35H,4-5,14-15,17-18,23H2,1-3H3,(H,41,44)/b16-6-,32-7+. The number of imidazole rings is 1. The molecule has 0 saturated carbocycles. The molecule has 2 amide bonds. The zero-order valence-corrected chi connectivity index (χ0v) is 26.4. The van der Waals surface area contributed by atoms with Crippen molar-refractivity contribution in [1.29, 1.82) is 5.26 Å². The number of halogens is 1. The number of aryl methyl sites for hydroxylation is 2. The van der Waals surface area contributed by atoms with E-state index in [2.05, 4.69) is 77.7 Å². The summed E-state index contributed by atoms with van der Waals surface area (Å²) in [6, 6.07) is 15.2. The molecule has 7 nitrogen and oxygen atoms in total. The highest BCUT2D eigenvalue weighted by molar-refractivity contribution is 6.30. The van der Waals surface area contributed by atoms with E-state index in [1.54, 1.807) is 30.5 Å². The molecule has 1 fully saturated rings. The Morgan fingerprint density at radius 1 is 1.23 bits per heavy atom. The molecule has 2 unspecified atom stereocenters. The van der Waals surface area contributed by atoms with Crippen LogP contribution in [0.25, 0.3) is 6.08 Å². The number of carbonyl (C=O) groups excluding carboxylic acids is 1. The van der Waals surface area contributed by atoms with Crippen molar-refractivity contribution in [2.75, 3.05) is 18.4 Å². The monoisotopic (exact) mass is 606 g/mol. The van der Waals surface area contributed by atoms with Gasteiger partial charge in [0.15, 0.2) is 0 Å². The molecule has 2 heterocycles. The van der Waals surface area contributed by atoms with Gasteiger partial charge < -0.3 is 14.8 Å². The first-order valence-corrected chi connectivity index (χ1v) is 15.6. The van der Waals surface area contributed by atoms with Gasteiger partial charge in [-0.2, -0.15) is 5.26 Å². The van der Waals surface area contributed by atoms with E-state index in [0.717, 1.165) is 41.4 Å². The number of amides is 2. The number of fused-ring (bicyclic) bond motifs is 1. The van der Waals surface area contributed by atoms with E-state index in [-0.39, 0.29) is 17.9 Å². The first kappa shape index (κ1) is 31.0. The van der Waals surface area contributed by atoms with Gasteiger partial charge in [-0.15, -0.1) is 0 Å². The summed E-state index contributed by atoms with van der Waals surface area (Å²) in [6.07, 6.45) is 12.8. The summed E-state index contributed by atoms with van der Waals surface area (Å²) in [4.78, 5) is 23.6. The molecule has 1 saturated heterocycles. The first-order chi connectivity index (χ1) is 21.3. The summed E-state index contributed by atoms with van der Waals surface area (Å²) in [7, 11) is 0. The Bertz CT molecular complexity index is 1650. The van der Waals surface area contributed by atoms with E-state index in [4.69, 9.17) is 16.9 Å². The number of nitrogens with one attached hydrogen (secondary N) is 1. The second-order valence-corrected chi connectivity index (χ2v) is 12.0. The van der Waals surface area contributed by atoms with Crippen molar-refractivity contribution in [2.45, 2.75) is 52.5 Å². The van der Waals surface area contributed by atoms with Crippen molar-refractivity contribution in [3.63, 3.8) is 0 Å². The largest absolute Gasteiger partial charge is 0.328 e. The van der Waals surface area contributed by atoms with Gasteiger partial charge in [-0.05, 0) is 115 Å². The number of urea groups is 1. The molecule has 1 aliphatic heterocycles. The van der Waals surface area contributed by atoms with E-state index < -0.39 is 0 Å². The highest BCUT2D eigenvalue weighted by atomic mass is 35.5. The molecule has 1 aliphatic carbocycles. The average Bonchev–Trinajstić information content (AvgIpc) is 3.34. The van der Waals surface area contributed by atoms with Crippen LogP contribution < -0.4 is 5.32 Å². The van der Waals surface area contributed by atoms with Gasteiger partial charge in [0, 0.05) is 54.9 Å². The van der Waals surface area contributed by atoms with E-state index in [1.165, 1.54) is 16.7 Å². The van der Waals surface area contributed by atoms with Gasteiger partial charge in [-0.3, -0.25) is 4.99 Å². The first-order valence-electron chi connectivity index (χ1n) is 15.2. The van der Waals surface area contributed by atoms with Gasteiger partial charge >= 0.3 is 6.03 Å². The minimum Gasteiger partial charge on any atom is -0.328 e. The van der Waals surface area contributed by atoms with Gasteiger partial charge in [0.2, 0.25) is 0 Å². The van der Waals surface area contributed by atoms with Gasteiger partial charge in [-0.1, -0.05) is 37.6 Å². The van der Waals surface area contributed by atoms with Crippen LogP contribution >= 0.6 is 11.6 Å². The molecular weight excluding hydrogens is 568 g/mol. The number of anilines is 1. The zero-order valence-electron chi connectivity index (χ0n) is 25.6. The summed E-state index contributed by atoms with van der Waals surface area (Å²) < 4.78 is 2.30. The molecule has 2 aliphatic rings. The average molecular weight is 607 g/mol. The number of hydrogen-bond acceptors (Lipinski definition) is 4. The summed E-state index contributed by atoms with van der Waals surface area (Å²) >= 11 is 6.58. The second kappa shape index (κ2) is 13.9. The molecule has 0 spiro atoms. The Balaban J connectivity index is 1.43. The van der Waals surface area contributed by atoms with Crippen molar-refractivity contribution < 1.29 is 4.79 Å². The van der Waals surface area contributed by atoms with Crippen LogP contribution in [0.4, 0.5) is 10.5 Å². The minimum atomic E-state index is -0.108. The summed E-state index contributed by atoms with van der Waals surface area (Å²) in [5.74, 6) is 1.89. The lowest BCUT2D eigenvalue weighted by Crippen LogP contribution is -2.42. The minimum absolute atomic E-state index is 0.108. The van der Waals surface area contributed by atoms with Crippen LogP contribution in [0, 0.1) is 30.1 Å². The quantitative estimate of drug-likeness (QED) is 0.275. The number of carbonyl (C=O) groups is 1. The molecule has 8 heteroatoms. The fourth-order valence-corrected chi connectivity index (χ4v) is 6.92. The number of likely N-dealkylation sites (tertiary alicyclic amines) is 1. The summed E-state index contributed by atoms with van der Waals surface area (Å²) in [6.45, 7) is 12.3. The Labute approximate surface area is 265 Å². The van der Waals surface area contributed by atoms with E-state index in [1.807, 2.05) is 23.2 Å². The van der Waals surface area contributed by atoms with Crippen molar-refractivity contribution in [3.05, 3.63) is 111 Å². The molecule has 1 N–H and O–H groups in total. The third-order valence-electron chi connectivity index (χ3n) is 8.99. The molecule has 3 aromatic rings. The van der Waals surface area contributed by atoms with Gasteiger partial charge in [0.05, 0.1) is 11.6 Å². The van der Waals surface area contributed by atoms with Crippen LogP contribution in [0.3, 0.4) is 0 Å². The fraction of sp³-hybridized carbons (Fsp3) is 0.333. The molecule has 226 valence electrons. The van der Waals surface area contributed by atoms with Crippen molar-refractivity contribution in [3.8, 4) is 6.07 Å². The molecule has 44 heavy (non-hydrogen) atoms. The fourth-order valence-electron chi connectivity index (χ4n) is 6.74. The Morgan fingerprint density at radius 2 is 1.98 bits per heavy atom. The third-order valence-corrected chi connectivity index (χ3v) is 9.22. The number of allylic oxidation sites excluding steroid dienone is 4. The Morgan fingerprint density at radius 3 is 2.66 bits per heavy atom. The van der Waals surface area contributed by atoms with Crippen molar-refractivity contribution >= 4 is 36.1 Å². The molecule has 2 atom stereocenters. The predicted molar refractivity (Wildman–Crippen MR) is 179 cm³/mol. The predicted octanol–water partition coefficient (Wildman–Crippen LogP) is 8.18. The third kappa shape index (κ3) is 6.71. The number of hydrogen-bond donors (Lipinski definition) is 1. The maximum Gasteiger partial charge on any atom is 0.321 e. The van der Waals surface area contributed by atoms with Crippen LogP contribution in [-0.2, 0) is 13.0 Å². The highest BCUT2D eigenvalue weighted by Gasteiger charge is 2.37. The van der Waals surface area contributed by atoms with Gasteiger partial charge in [-0.25, -0.2) is 9.78 Å². The van der Waals surface area contributed by atoms with Crippen LogP contribution in [0.5, 0.6) is 0 Å². The SMILES string of the molecule is C=N/C=C\C=C1\C(Cn2c(C)cnc2CC)=Cc2cc(Cl)ccc2C(C2CCN(C(=O)Nc3ccc(C#N)cc3)CC2)C1C. The number of nitriles is 1. The topological polar surface area (TPSA) is 86.3 Å². The molecule has 1 aromatic heterocycles. The Hall–Kier alpha value is -4.41. The number of aromatic nitrogens is 2. The molecule has 0 bridgehead atoms. The van der Waals surface area contributed by atoms with Crippen LogP contribution in [-0.4, -0.2) is 40.3 Å². The lowest BCUT2D eigenvalue weighted by Gasteiger charge is -2.39. The molecule has 2 aromatic carbocycles. The van der Waals surface area contributed by atoms with Crippen molar-refractivity contribution in [1.82, 2.24) is 14.5 Å². The lowest BCUT2D eigenvalue weighted by atomic mass is 9.70. The van der Waals surface area contributed by atoms with Crippen LogP contribution in [0.15, 0.2) is 83.2 Å². The van der Waals surface area contributed by atoms with E-state index in [0.29, 0.717) is 36.8 Å². The van der Waals surface area contributed by atoms with Crippen LogP contribution in [0.1, 0.15) is 60.8 Å². The second-order valence-electron chi connectivity index (χ2n) is 11.6. The number of rotatable bonds is 7. The number of nitrogens with zero attached hydrogens (tertiary/aromatic N) is 5. The molecular formula is C36H39ClN6O. The highest BCUT2D eigenvalue weighted by Crippen LogP contribution is 2.47. The lowest BCUT2D eigenvalue weighted by molar-refractivity contribution is 0.166. The number of benzene rings is 2. The van der Waals surface area contributed by atoms with E-state index in [9.17, 15) is 4.79 Å². The molecule has 0 radical (unpaired) electrons.